The summed E-state index contributed by atoms with van der Waals surface area (Å²) in [5.74, 6) is 0.836. The van der Waals surface area contributed by atoms with E-state index in [2.05, 4.69) is 34.6 Å². The second-order valence-electron chi connectivity index (χ2n) is 19.5. The van der Waals surface area contributed by atoms with Crippen molar-refractivity contribution in [1.82, 2.24) is 0 Å². The molecule has 1 atom stereocenters. The number of esters is 3. The van der Waals surface area contributed by atoms with Crippen LogP contribution < -0.4 is 0 Å². The summed E-state index contributed by atoms with van der Waals surface area (Å²) in [6, 6.07) is 0. The topological polar surface area (TPSA) is 78.9 Å². The Morgan fingerprint density at radius 3 is 0.817 bits per heavy atom. The minimum absolute atomic E-state index is 0.0634. The highest BCUT2D eigenvalue weighted by Gasteiger charge is 2.19. The van der Waals surface area contributed by atoms with Gasteiger partial charge in [0.05, 0.1) is 0 Å². The van der Waals surface area contributed by atoms with Gasteiger partial charge in [-0.15, -0.1) is 0 Å². The highest BCUT2D eigenvalue weighted by molar-refractivity contribution is 5.71. The normalized spacial score (nSPS) is 12.1. The summed E-state index contributed by atoms with van der Waals surface area (Å²) in [6.07, 6.45) is 48.1. The molecule has 0 N–H and O–H groups in total. The summed E-state index contributed by atoms with van der Waals surface area (Å²) < 4.78 is 16.8. The molecule has 0 aromatic rings. The van der Waals surface area contributed by atoms with Crippen LogP contribution in [0.3, 0.4) is 0 Å². The molecular weight excluding hydrogens is 745 g/mol. The van der Waals surface area contributed by atoms with E-state index < -0.39 is 6.10 Å². The maximum absolute atomic E-state index is 12.8. The van der Waals surface area contributed by atoms with Crippen molar-refractivity contribution in [2.75, 3.05) is 13.2 Å². The second-order valence-corrected chi connectivity index (χ2v) is 19.5. The first kappa shape index (κ1) is 58.4. The lowest BCUT2D eigenvalue weighted by Crippen LogP contribution is -2.30. The quantitative estimate of drug-likeness (QED) is 0.0345. The van der Waals surface area contributed by atoms with Crippen LogP contribution in [0.2, 0.25) is 0 Å². The Kier molecular flexibility index (Phi) is 45.7. The van der Waals surface area contributed by atoms with Gasteiger partial charge in [-0.3, -0.25) is 14.4 Å². The Morgan fingerprint density at radius 1 is 0.317 bits per heavy atom. The van der Waals surface area contributed by atoms with Crippen LogP contribution in [0.25, 0.3) is 0 Å². The lowest BCUT2D eigenvalue weighted by atomic mass is 10.0. The smallest absolute Gasteiger partial charge is 0.306 e. The standard InChI is InChI=1S/C54H104O6/c1-6-7-8-9-10-22-29-34-39-44-52(55)58-47-51(48-59-53(56)45-40-35-30-25-20-17-13-15-19-24-28-33-38-43-50(4)5)60-54(57)46-41-36-31-26-21-16-12-11-14-18-23-27-32-37-42-49(2)3/h49-51H,6-48H2,1-5H3/t51-/m0/s1. The first-order valence-corrected chi connectivity index (χ1v) is 26.7. The van der Waals surface area contributed by atoms with Gasteiger partial charge in [0.1, 0.15) is 13.2 Å². The Labute approximate surface area is 374 Å². The van der Waals surface area contributed by atoms with E-state index in [1.807, 2.05) is 0 Å². The molecule has 0 saturated carbocycles. The average molecular weight is 849 g/mol. The first-order valence-electron chi connectivity index (χ1n) is 26.7. The van der Waals surface area contributed by atoms with Crippen molar-refractivity contribution in [3.05, 3.63) is 0 Å². The number of hydrogen-bond acceptors (Lipinski definition) is 6. The molecule has 356 valence electrons. The molecule has 6 heteroatoms. The van der Waals surface area contributed by atoms with Gasteiger partial charge >= 0.3 is 17.9 Å². The highest BCUT2D eigenvalue weighted by atomic mass is 16.6. The van der Waals surface area contributed by atoms with Crippen LogP contribution in [-0.4, -0.2) is 37.2 Å². The molecule has 0 rings (SSSR count). The van der Waals surface area contributed by atoms with E-state index in [1.165, 1.54) is 186 Å². The fourth-order valence-corrected chi connectivity index (χ4v) is 8.17. The van der Waals surface area contributed by atoms with Crippen molar-refractivity contribution in [2.24, 2.45) is 11.8 Å². The summed E-state index contributed by atoms with van der Waals surface area (Å²) in [7, 11) is 0. The molecule has 0 radical (unpaired) electrons. The van der Waals surface area contributed by atoms with Gasteiger partial charge in [-0.05, 0) is 31.1 Å². The molecule has 0 fully saturated rings. The average Bonchev–Trinajstić information content (AvgIpc) is 3.22. The number of unbranched alkanes of at least 4 members (excludes halogenated alkanes) is 33. The van der Waals surface area contributed by atoms with E-state index in [9.17, 15) is 14.4 Å². The van der Waals surface area contributed by atoms with Crippen molar-refractivity contribution in [2.45, 2.75) is 304 Å². The zero-order valence-electron chi connectivity index (χ0n) is 41.1. The second kappa shape index (κ2) is 46.9. The van der Waals surface area contributed by atoms with E-state index in [0.717, 1.165) is 69.6 Å². The van der Waals surface area contributed by atoms with Gasteiger partial charge in [0, 0.05) is 19.3 Å². The molecule has 0 aliphatic rings. The van der Waals surface area contributed by atoms with Crippen LogP contribution in [0, 0.1) is 11.8 Å². The summed E-state index contributed by atoms with van der Waals surface area (Å²) >= 11 is 0. The van der Waals surface area contributed by atoms with E-state index >= 15 is 0 Å². The first-order chi connectivity index (χ1) is 29.2. The van der Waals surface area contributed by atoms with E-state index in [0.29, 0.717) is 19.3 Å². The monoisotopic (exact) mass is 849 g/mol. The molecule has 60 heavy (non-hydrogen) atoms. The predicted molar refractivity (Wildman–Crippen MR) is 256 cm³/mol. The number of ether oxygens (including phenoxy) is 3. The zero-order chi connectivity index (χ0) is 44.0. The van der Waals surface area contributed by atoms with Crippen LogP contribution in [-0.2, 0) is 28.6 Å². The largest absolute Gasteiger partial charge is 0.462 e. The lowest BCUT2D eigenvalue weighted by molar-refractivity contribution is -0.167. The van der Waals surface area contributed by atoms with Crippen molar-refractivity contribution >= 4 is 17.9 Å². The maximum atomic E-state index is 12.8. The maximum Gasteiger partial charge on any atom is 0.306 e. The van der Waals surface area contributed by atoms with Gasteiger partial charge in [-0.25, -0.2) is 0 Å². The number of carbonyl (C=O) groups is 3. The molecule has 0 aromatic heterocycles. The molecule has 0 heterocycles. The minimum atomic E-state index is -0.761. The van der Waals surface area contributed by atoms with Crippen molar-refractivity contribution < 1.29 is 28.6 Å². The number of hydrogen-bond donors (Lipinski definition) is 0. The number of carbonyl (C=O) groups excluding carboxylic acids is 3. The van der Waals surface area contributed by atoms with Crippen molar-refractivity contribution in [1.29, 1.82) is 0 Å². The number of rotatable bonds is 48. The SMILES string of the molecule is CCCCCCCCCCCC(=O)OC[C@@H](COC(=O)CCCCCCCCCCCCCCCC(C)C)OC(=O)CCCCCCCCCCCCCCCCC(C)C. The molecule has 6 nitrogen and oxygen atoms in total. The third kappa shape index (κ3) is 47.5. The predicted octanol–water partition coefficient (Wildman–Crippen LogP) is 17.3. The Morgan fingerprint density at radius 2 is 0.550 bits per heavy atom. The Hall–Kier alpha value is -1.59. The summed E-state index contributed by atoms with van der Waals surface area (Å²) in [6.45, 7) is 11.4. The molecule has 0 aromatic carbocycles. The summed E-state index contributed by atoms with van der Waals surface area (Å²) in [5.41, 5.74) is 0. The lowest BCUT2D eigenvalue weighted by Gasteiger charge is -2.18. The van der Waals surface area contributed by atoms with Crippen LogP contribution in [0.1, 0.15) is 298 Å². The molecule has 0 amide bonds. The Bertz CT molecular complexity index is 916. The van der Waals surface area contributed by atoms with Crippen molar-refractivity contribution in [3.8, 4) is 0 Å². The van der Waals surface area contributed by atoms with Gasteiger partial charge < -0.3 is 14.2 Å². The third-order valence-electron chi connectivity index (χ3n) is 12.2. The highest BCUT2D eigenvalue weighted by Crippen LogP contribution is 2.18. The van der Waals surface area contributed by atoms with Gasteiger partial charge in [-0.2, -0.15) is 0 Å². The molecule has 0 bridgehead atoms. The molecule has 0 aliphatic carbocycles. The Balaban J connectivity index is 4.25. The van der Waals surface area contributed by atoms with E-state index in [-0.39, 0.29) is 31.1 Å². The van der Waals surface area contributed by atoms with Crippen LogP contribution >= 0.6 is 0 Å². The van der Waals surface area contributed by atoms with Gasteiger partial charge in [0.25, 0.3) is 0 Å². The van der Waals surface area contributed by atoms with Gasteiger partial charge in [0.15, 0.2) is 6.10 Å². The molecule has 0 unspecified atom stereocenters. The molecule has 0 saturated heterocycles. The molecule has 0 spiro atoms. The van der Waals surface area contributed by atoms with Crippen LogP contribution in [0.4, 0.5) is 0 Å². The van der Waals surface area contributed by atoms with Gasteiger partial charge in [-0.1, -0.05) is 259 Å². The van der Waals surface area contributed by atoms with E-state index in [1.54, 1.807) is 0 Å². The fourth-order valence-electron chi connectivity index (χ4n) is 8.17. The molecule has 0 aliphatic heterocycles. The molecular formula is C54H104O6. The third-order valence-corrected chi connectivity index (χ3v) is 12.2. The zero-order valence-corrected chi connectivity index (χ0v) is 41.1. The van der Waals surface area contributed by atoms with E-state index in [4.69, 9.17) is 14.2 Å². The van der Waals surface area contributed by atoms with Crippen LogP contribution in [0.5, 0.6) is 0 Å². The van der Waals surface area contributed by atoms with Crippen LogP contribution in [0.15, 0.2) is 0 Å². The summed E-state index contributed by atoms with van der Waals surface area (Å²) in [5, 5.41) is 0. The minimum Gasteiger partial charge on any atom is -0.462 e. The summed E-state index contributed by atoms with van der Waals surface area (Å²) in [4.78, 5) is 37.9. The van der Waals surface area contributed by atoms with Gasteiger partial charge in [0.2, 0.25) is 0 Å². The van der Waals surface area contributed by atoms with Crippen molar-refractivity contribution in [3.63, 3.8) is 0 Å². The fraction of sp³-hybridized carbons (Fsp3) is 0.944.